The molecule has 0 spiro atoms. The molecule has 0 saturated carbocycles. The van der Waals surface area contributed by atoms with Gasteiger partial charge in [0, 0.05) is 13.1 Å². The van der Waals surface area contributed by atoms with E-state index in [0.717, 1.165) is 30.9 Å². The van der Waals surface area contributed by atoms with Crippen molar-refractivity contribution >= 4 is 5.91 Å². The van der Waals surface area contributed by atoms with E-state index in [0.29, 0.717) is 13.1 Å². The lowest BCUT2D eigenvalue weighted by Crippen LogP contribution is -2.41. The fourth-order valence-electron chi connectivity index (χ4n) is 2.50. The highest BCUT2D eigenvalue weighted by molar-refractivity contribution is 5.78. The van der Waals surface area contributed by atoms with Gasteiger partial charge in [-0.25, -0.2) is 0 Å². The molecule has 0 radical (unpaired) electrons. The Bertz CT molecular complexity index is 430. The topological polar surface area (TPSA) is 56.9 Å². The summed E-state index contributed by atoms with van der Waals surface area (Å²) in [5.74, 6) is 1.72. The summed E-state index contributed by atoms with van der Waals surface area (Å²) in [5, 5.41) is 9.24. The van der Waals surface area contributed by atoms with Gasteiger partial charge in [-0.05, 0) is 38.4 Å². The molecule has 0 bridgehead atoms. The van der Waals surface area contributed by atoms with Gasteiger partial charge < -0.3 is 14.4 Å². The zero-order chi connectivity index (χ0) is 13.8. The highest BCUT2D eigenvalue weighted by atomic mass is 16.3. The summed E-state index contributed by atoms with van der Waals surface area (Å²) < 4.78 is 5.47. The van der Waals surface area contributed by atoms with Gasteiger partial charge in [-0.1, -0.05) is 0 Å². The molecule has 5 heteroatoms. The third-order valence-corrected chi connectivity index (χ3v) is 3.66. The van der Waals surface area contributed by atoms with E-state index in [1.807, 2.05) is 19.1 Å². The standard InChI is InChI=1S/C14H22N2O3/c1-11-5-6-13(19-11)8-15(2)14(18)9-16-7-3-4-12(16)10-17/h5-6,12,17H,3-4,7-10H2,1-2H3. The zero-order valence-corrected chi connectivity index (χ0v) is 11.6. The van der Waals surface area contributed by atoms with Gasteiger partial charge in [0.15, 0.2) is 0 Å². The SMILES string of the molecule is Cc1ccc(CN(C)C(=O)CN2CCCC2CO)o1. The molecule has 1 N–H and O–H groups in total. The summed E-state index contributed by atoms with van der Waals surface area (Å²) in [4.78, 5) is 15.9. The van der Waals surface area contributed by atoms with Gasteiger partial charge in [0.2, 0.25) is 5.91 Å². The minimum absolute atomic E-state index is 0.0643. The number of rotatable bonds is 5. The molecule has 5 nitrogen and oxygen atoms in total. The molecule has 19 heavy (non-hydrogen) atoms. The maximum Gasteiger partial charge on any atom is 0.236 e. The fourth-order valence-corrected chi connectivity index (χ4v) is 2.50. The van der Waals surface area contributed by atoms with E-state index in [1.165, 1.54) is 0 Å². The Morgan fingerprint density at radius 1 is 1.58 bits per heavy atom. The Labute approximate surface area is 113 Å². The van der Waals surface area contributed by atoms with Crippen LogP contribution in [0.15, 0.2) is 16.5 Å². The molecule has 1 unspecified atom stereocenters. The van der Waals surface area contributed by atoms with Gasteiger partial charge in [0.05, 0.1) is 19.7 Å². The van der Waals surface area contributed by atoms with Crippen molar-refractivity contribution in [3.05, 3.63) is 23.7 Å². The van der Waals surface area contributed by atoms with Crippen molar-refractivity contribution in [3.63, 3.8) is 0 Å². The maximum atomic E-state index is 12.1. The first-order valence-electron chi connectivity index (χ1n) is 6.74. The highest BCUT2D eigenvalue weighted by Crippen LogP contribution is 2.16. The third kappa shape index (κ3) is 3.58. The molecule has 1 amide bonds. The van der Waals surface area contributed by atoms with Gasteiger partial charge in [-0.2, -0.15) is 0 Å². The van der Waals surface area contributed by atoms with E-state index < -0.39 is 0 Å². The lowest BCUT2D eigenvalue weighted by Gasteiger charge is -2.24. The number of hydrogen-bond donors (Lipinski definition) is 1. The molecule has 1 fully saturated rings. The molecule has 106 valence electrons. The minimum atomic E-state index is 0.0643. The van der Waals surface area contributed by atoms with Crippen LogP contribution in [0.4, 0.5) is 0 Å². The fraction of sp³-hybridized carbons (Fsp3) is 0.643. The summed E-state index contributed by atoms with van der Waals surface area (Å²) >= 11 is 0. The summed E-state index contributed by atoms with van der Waals surface area (Å²) in [6.07, 6.45) is 2.03. The van der Waals surface area contributed by atoms with E-state index in [9.17, 15) is 9.90 Å². The average molecular weight is 266 g/mol. The Hall–Kier alpha value is -1.33. The second kappa shape index (κ2) is 6.21. The van der Waals surface area contributed by atoms with Crippen molar-refractivity contribution in [2.45, 2.75) is 32.4 Å². The number of nitrogens with zero attached hydrogens (tertiary/aromatic N) is 2. The van der Waals surface area contributed by atoms with Crippen LogP contribution in [-0.4, -0.2) is 53.6 Å². The van der Waals surface area contributed by atoms with Gasteiger partial charge in [0.25, 0.3) is 0 Å². The average Bonchev–Trinajstić information content (AvgIpc) is 2.98. The molecule has 2 heterocycles. The van der Waals surface area contributed by atoms with E-state index >= 15 is 0 Å². The van der Waals surface area contributed by atoms with E-state index in [2.05, 4.69) is 4.90 Å². The number of carbonyl (C=O) groups excluding carboxylic acids is 1. The number of carbonyl (C=O) groups is 1. The summed E-state index contributed by atoms with van der Waals surface area (Å²) in [6, 6.07) is 3.93. The van der Waals surface area contributed by atoms with Crippen molar-refractivity contribution in [2.75, 3.05) is 26.7 Å². The molecule has 2 rings (SSSR count). The smallest absolute Gasteiger partial charge is 0.236 e. The first-order chi connectivity index (χ1) is 9.10. The predicted molar refractivity (Wildman–Crippen MR) is 71.6 cm³/mol. The monoisotopic (exact) mass is 266 g/mol. The molecular weight excluding hydrogens is 244 g/mol. The van der Waals surface area contributed by atoms with Crippen LogP contribution in [-0.2, 0) is 11.3 Å². The van der Waals surface area contributed by atoms with Crippen molar-refractivity contribution < 1.29 is 14.3 Å². The van der Waals surface area contributed by atoms with Crippen molar-refractivity contribution in [1.29, 1.82) is 0 Å². The Morgan fingerprint density at radius 3 is 3.00 bits per heavy atom. The van der Waals surface area contributed by atoms with E-state index in [-0.39, 0.29) is 18.6 Å². The summed E-state index contributed by atoms with van der Waals surface area (Å²) in [6.45, 7) is 3.78. The second-order valence-electron chi connectivity index (χ2n) is 5.21. The quantitative estimate of drug-likeness (QED) is 0.864. The predicted octanol–water partition coefficient (Wildman–Crippen LogP) is 1.00. The lowest BCUT2D eigenvalue weighted by molar-refractivity contribution is -0.132. The number of furan rings is 1. The summed E-state index contributed by atoms with van der Waals surface area (Å²) in [5.41, 5.74) is 0. The van der Waals surface area contributed by atoms with Gasteiger partial charge in [-0.3, -0.25) is 9.69 Å². The van der Waals surface area contributed by atoms with Crippen molar-refractivity contribution in [1.82, 2.24) is 9.80 Å². The summed E-state index contributed by atoms with van der Waals surface area (Å²) in [7, 11) is 1.78. The Morgan fingerprint density at radius 2 is 2.37 bits per heavy atom. The highest BCUT2D eigenvalue weighted by Gasteiger charge is 2.26. The first-order valence-corrected chi connectivity index (χ1v) is 6.74. The van der Waals surface area contributed by atoms with Crippen LogP contribution in [0.25, 0.3) is 0 Å². The molecule has 1 aliphatic heterocycles. The largest absolute Gasteiger partial charge is 0.464 e. The number of likely N-dealkylation sites (tertiary alicyclic amines) is 1. The number of likely N-dealkylation sites (N-methyl/N-ethyl adjacent to an activating group) is 1. The normalized spacial score (nSPS) is 19.8. The van der Waals surface area contributed by atoms with Crippen LogP contribution in [0.2, 0.25) is 0 Å². The number of aryl methyl sites for hydroxylation is 1. The van der Waals surface area contributed by atoms with Crippen LogP contribution < -0.4 is 0 Å². The zero-order valence-electron chi connectivity index (χ0n) is 11.6. The van der Waals surface area contributed by atoms with E-state index in [4.69, 9.17) is 4.42 Å². The molecular formula is C14H22N2O3. The molecule has 0 aromatic carbocycles. The molecule has 1 aromatic heterocycles. The maximum absolute atomic E-state index is 12.1. The molecule has 1 atom stereocenters. The molecule has 1 saturated heterocycles. The molecule has 1 aromatic rings. The van der Waals surface area contributed by atoms with Gasteiger partial charge in [0.1, 0.15) is 11.5 Å². The van der Waals surface area contributed by atoms with Gasteiger partial charge >= 0.3 is 0 Å². The van der Waals surface area contributed by atoms with Crippen molar-refractivity contribution in [3.8, 4) is 0 Å². The van der Waals surface area contributed by atoms with Crippen LogP contribution in [0, 0.1) is 6.92 Å². The molecule has 0 aliphatic carbocycles. The van der Waals surface area contributed by atoms with Crippen LogP contribution in [0.3, 0.4) is 0 Å². The second-order valence-corrected chi connectivity index (χ2v) is 5.21. The van der Waals surface area contributed by atoms with Crippen molar-refractivity contribution in [2.24, 2.45) is 0 Å². The van der Waals surface area contributed by atoms with Crippen LogP contribution in [0.5, 0.6) is 0 Å². The lowest BCUT2D eigenvalue weighted by atomic mass is 10.2. The number of hydrogen-bond acceptors (Lipinski definition) is 4. The Kier molecular flexibility index (Phi) is 4.61. The van der Waals surface area contributed by atoms with Crippen LogP contribution >= 0.6 is 0 Å². The minimum Gasteiger partial charge on any atom is -0.464 e. The Balaban J connectivity index is 1.85. The first kappa shape index (κ1) is 14.1. The number of aliphatic hydroxyl groups excluding tert-OH is 1. The third-order valence-electron chi connectivity index (χ3n) is 3.66. The number of amides is 1. The number of aliphatic hydroxyl groups is 1. The molecule has 1 aliphatic rings. The van der Waals surface area contributed by atoms with Crippen LogP contribution in [0.1, 0.15) is 24.4 Å². The van der Waals surface area contributed by atoms with Gasteiger partial charge in [-0.15, -0.1) is 0 Å². The van der Waals surface area contributed by atoms with E-state index in [1.54, 1.807) is 11.9 Å².